The Morgan fingerprint density at radius 2 is 2.10 bits per heavy atom. The molecule has 0 radical (unpaired) electrons. The Bertz CT molecular complexity index is 747. The molecule has 21 heavy (non-hydrogen) atoms. The van der Waals surface area contributed by atoms with Crippen molar-refractivity contribution in [2.24, 2.45) is 5.73 Å². The third-order valence-corrected chi connectivity index (χ3v) is 7.75. The van der Waals surface area contributed by atoms with Crippen molar-refractivity contribution < 1.29 is 16.8 Å². The summed E-state index contributed by atoms with van der Waals surface area (Å²) in [5, 5.41) is 0.0971. The predicted octanol–water partition coefficient (Wildman–Crippen LogP) is 0.606. The maximum atomic E-state index is 12.6. The van der Waals surface area contributed by atoms with Gasteiger partial charge in [-0.1, -0.05) is 17.7 Å². The van der Waals surface area contributed by atoms with Crippen molar-refractivity contribution in [3.05, 3.63) is 28.8 Å². The van der Waals surface area contributed by atoms with Crippen molar-refractivity contribution in [1.29, 1.82) is 0 Å². The molecule has 1 aromatic rings. The van der Waals surface area contributed by atoms with Crippen molar-refractivity contribution in [2.75, 3.05) is 18.6 Å². The SMILES string of the molecule is CN(C1CCS(=O)(=O)C1)S(=O)(=O)c1cc(CN)ccc1Cl. The maximum Gasteiger partial charge on any atom is 0.244 e. The van der Waals surface area contributed by atoms with Gasteiger partial charge in [0.25, 0.3) is 0 Å². The lowest BCUT2D eigenvalue weighted by Crippen LogP contribution is -2.38. The third kappa shape index (κ3) is 3.40. The quantitative estimate of drug-likeness (QED) is 0.856. The normalized spacial score (nSPS) is 21.8. The lowest BCUT2D eigenvalue weighted by molar-refractivity contribution is 0.394. The van der Waals surface area contributed by atoms with Crippen LogP contribution in [0.5, 0.6) is 0 Å². The van der Waals surface area contributed by atoms with Crippen LogP contribution in [0.15, 0.2) is 23.1 Å². The van der Waals surface area contributed by atoms with Crippen LogP contribution >= 0.6 is 11.6 Å². The van der Waals surface area contributed by atoms with E-state index in [0.717, 1.165) is 4.31 Å². The molecule has 1 unspecified atom stereocenters. The number of sulfone groups is 1. The van der Waals surface area contributed by atoms with E-state index in [4.69, 9.17) is 17.3 Å². The van der Waals surface area contributed by atoms with Gasteiger partial charge in [0.05, 0.1) is 16.5 Å². The number of rotatable bonds is 4. The summed E-state index contributed by atoms with van der Waals surface area (Å²) in [6, 6.07) is 4.01. The minimum atomic E-state index is -3.85. The number of hydrogen-bond donors (Lipinski definition) is 1. The topological polar surface area (TPSA) is 97.5 Å². The molecule has 1 aliphatic rings. The molecule has 1 heterocycles. The van der Waals surface area contributed by atoms with E-state index in [0.29, 0.717) is 12.0 Å². The highest BCUT2D eigenvalue weighted by atomic mass is 35.5. The molecule has 0 amide bonds. The third-order valence-electron chi connectivity index (χ3n) is 3.61. The van der Waals surface area contributed by atoms with E-state index in [9.17, 15) is 16.8 Å². The molecule has 9 heteroatoms. The van der Waals surface area contributed by atoms with Gasteiger partial charge in [-0.2, -0.15) is 4.31 Å². The number of halogens is 1. The molecule has 2 rings (SSSR count). The number of nitrogens with two attached hydrogens (primary N) is 1. The van der Waals surface area contributed by atoms with Gasteiger partial charge in [0.1, 0.15) is 4.90 Å². The Morgan fingerprint density at radius 3 is 2.62 bits per heavy atom. The van der Waals surface area contributed by atoms with Crippen LogP contribution < -0.4 is 5.73 Å². The first kappa shape index (κ1) is 16.7. The molecule has 1 fully saturated rings. The summed E-state index contributed by atoms with van der Waals surface area (Å²) in [5.74, 6) is -0.148. The van der Waals surface area contributed by atoms with Crippen LogP contribution in [-0.4, -0.2) is 45.7 Å². The highest BCUT2D eigenvalue weighted by molar-refractivity contribution is 7.92. The molecule has 1 saturated heterocycles. The van der Waals surface area contributed by atoms with Gasteiger partial charge in [0.2, 0.25) is 10.0 Å². The fraction of sp³-hybridized carbons (Fsp3) is 0.500. The lowest BCUT2D eigenvalue weighted by Gasteiger charge is -2.23. The molecule has 0 aromatic heterocycles. The second-order valence-corrected chi connectivity index (χ2v) is 9.65. The van der Waals surface area contributed by atoms with Crippen molar-refractivity contribution in [3.63, 3.8) is 0 Å². The van der Waals surface area contributed by atoms with Gasteiger partial charge in [-0.05, 0) is 24.1 Å². The molecule has 1 aliphatic heterocycles. The van der Waals surface area contributed by atoms with Gasteiger partial charge in [0, 0.05) is 19.6 Å². The van der Waals surface area contributed by atoms with Crippen LogP contribution in [0.3, 0.4) is 0 Å². The van der Waals surface area contributed by atoms with E-state index in [1.165, 1.54) is 19.2 Å². The average molecular weight is 353 g/mol. The largest absolute Gasteiger partial charge is 0.326 e. The molecule has 6 nitrogen and oxygen atoms in total. The van der Waals surface area contributed by atoms with E-state index in [1.54, 1.807) is 6.07 Å². The van der Waals surface area contributed by atoms with Crippen molar-refractivity contribution in [1.82, 2.24) is 4.31 Å². The summed E-state index contributed by atoms with van der Waals surface area (Å²) in [7, 11) is -5.64. The van der Waals surface area contributed by atoms with Gasteiger partial charge < -0.3 is 5.73 Å². The molecule has 118 valence electrons. The Labute approximate surface area is 129 Å². The molecule has 0 bridgehead atoms. The maximum absolute atomic E-state index is 12.6. The monoisotopic (exact) mass is 352 g/mol. The minimum Gasteiger partial charge on any atom is -0.326 e. The molecular formula is C12H17ClN2O4S2. The summed E-state index contributed by atoms with van der Waals surface area (Å²) in [5.41, 5.74) is 6.16. The summed E-state index contributed by atoms with van der Waals surface area (Å²) < 4.78 is 49.4. The Hall–Kier alpha value is -0.670. The van der Waals surface area contributed by atoms with E-state index in [1.807, 2.05) is 0 Å². The molecule has 1 aromatic carbocycles. The number of sulfonamides is 1. The van der Waals surface area contributed by atoms with E-state index < -0.39 is 25.9 Å². The highest BCUT2D eigenvalue weighted by Crippen LogP contribution is 2.28. The number of nitrogens with zero attached hydrogens (tertiary/aromatic N) is 1. The van der Waals surface area contributed by atoms with Gasteiger partial charge in [-0.15, -0.1) is 0 Å². The number of benzene rings is 1. The van der Waals surface area contributed by atoms with Crippen LogP contribution in [0, 0.1) is 0 Å². The van der Waals surface area contributed by atoms with Crippen LogP contribution in [0.25, 0.3) is 0 Å². The Morgan fingerprint density at radius 1 is 1.43 bits per heavy atom. The van der Waals surface area contributed by atoms with E-state index in [2.05, 4.69) is 0 Å². The van der Waals surface area contributed by atoms with Gasteiger partial charge in [-0.3, -0.25) is 0 Å². The van der Waals surface area contributed by atoms with Crippen molar-refractivity contribution in [2.45, 2.75) is 23.9 Å². The van der Waals surface area contributed by atoms with Crippen molar-refractivity contribution >= 4 is 31.5 Å². The summed E-state index contributed by atoms with van der Waals surface area (Å²) in [6.45, 7) is 0.196. The predicted molar refractivity (Wildman–Crippen MR) is 81.4 cm³/mol. The summed E-state index contributed by atoms with van der Waals surface area (Å²) in [6.07, 6.45) is 0.298. The standard InChI is InChI=1S/C12H17ClN2O4S2/c1-15(10-4-5-20(16,17)8-10)21(18,19)12-6-9(7-14)2-3-11(12)13/h2-3,6,10H,4-5,7-8,14H2,1H3. The van der Waals surface area contributed by atoms with Gasteiger partial charge >= 0.3 is 0 Å². The second-order valence-electron chi connectivity index (χ2n) is 5.05. The fourth-order valence-corrected chi connectivity index (χ4v) is 6.06. The zero-order valence-electron chi connectivity index (χ0n) is 11.5. The van der Waals surface area contributed by atoms with Crippen LogP contribution in [-0.2, 0) is 26.4 Å². The van der Waals surface area contributed by atoms with Crippen LogP contribution in [0.4, 0.5) is 0 Å². The fourth-order valence-electron chi connectivity index (χ4n) is 2.29. The van der Waals surface area contributed by atoms with Gasteiger partial charge in [-0.25, -0.2) is 16.8 Å². The molecule has 0 saturated carbocycles. The molecule has 0 spiro atoms. The van der Waals surface area contributed by atoms with E-state index in [-0.39, 0.29) is 28.0 Å². The Balaban J connectivity index is 2.38. The average Bonchev–Trinajstić information content (AvgIpc) is 2.78. The zero-order valence-corrected chi connectivity index (χ0v) is 13.9. The summed E-state index contributed by atoms with van der Waals surface area (Å²) in [4.78, 5) is -0.0427. The molecular weight excluding hydrogens is 336 g/mol. The number of hydrogen-bond acceptors (Lipinski definition) is 5. The molecule has 2 N–H and O–H groups in total. The van der Waals surface area contributed by atoms with Crippen LogP contribution in [0.1, 0.15) is 12.0 Å². The first-order valence-electron chi connectivity index (χ1n) is 6.34. The molecule has 1 atom stereocenters. The first-order chi connectivity index (χ1) is 9.67. The highest BCUT2D eigenvalue weighted by Gasteiger charge is 2.37. The summed E-state index contributed by atoms with van der Waals surface area (Å²) >= 11 is 5.98. The van der Waals surface area contributed by atoms with Crippen molar-refractivity contribution in [3.8, 4) is 0 Å². The first-order valence-corrected chi connectivity index (χ1v) is 9.98. The van der Waals surface area contributed by atoms with Crippen LogP contribution in [0.2, 0.25) is 5.02 Å². The smallest absolute Gasteiger partial charge is 0.244 e. The van der Waals surface area contributed by atoms with E-state index >= 15 is 0 Å². The lowest BCUT2D eigenvalue weighted by atomic mass is 10.2. The zero-order chi connectivity index (χ0) is 15.8. The second kappa shape index (κ2) is 5.85. The molecule has 0 aliphatic carbocycles. The Kier molecular flexibility index (Phi) is 4.65. The minimum absolute atomic E-state index is 0.00803. The van der Waals surface area contributed by atoms with Gasteiger partial charge in [0.15, 0.2) is 9.84 Å².